The molecule has 0 radical (unpaired) electrons. The van der Waals surface area contributed by atoms with E-state index in [9.17, 15) is 19.5 Å². The number of anilines is 1. The highest BCUT2D eigenvalue weighted by molar-refractivity contribution is 6.06. The number of nitrogens with one attached hydrogen (secondary N) is 1. The third-order valence-electron chi connectivity index (χ3n) is 4.38. The van der Waals surface area contributed by atoms with Gasteiger partial charge in [-0.3, -0.25) is 4.79 Å². The van der Waals surface area contributed by atoms with Crippen molar-refractivity contribution < 1.29 is 19.5 Å². The lowest BCUT2D eigenvalue weighted by atomic mass is 10.1. The normalized spacial score (nSPS) is 16.1. The van der Waals surface area contributed by atoms with E-state index in [2.05, 4.69) is 5.32 Å². The fourth-order valence-corrected chi connectivity index (χ4v) is 3.00. The zero-order valence-corrected chi connectivity index (χ0v) is 14.0. The summed E-state index contributed by atoms with van der Waals surface area (Å²) in [6.45, 7) is 0.762. The van der Waals surface area contributed by atoms with Crippen LogP contribution < -0.4 is 5.32 Å². The predicted molar refractivity (Wildman–Crippen MR) is 96.3 cm³/mol. The number of carbonyl (C=O) groups is 2. The Morgan fingerprint density at radius 1 is 1.15 bits per heavy atom. The van der Waals surface area contributed by atoms with Gasteiger partial charge in [-0.2, -0.15) is 0 Å². The Kier molecular flexibility index (Phi) is 5.15. The first-order valence-electron chi connectivity index (χ1n) is 8.25. The van der Waals surface area contributed by atoms with Crippen LogP contribution in [0.2, 0.25) is 0 Å². The lowest BCUT2D eigenvalue weighted by Gasteiger charge is -2.24. The Morgan fingerprint density at radius 3 is 2.54 bits per heavy atom. The largest absolute Gasteiger partial charge is 0.477 e. The van der Waals surface area contributed by atoms with Crippen LogP contribution in [0.5, 0.6) is 0 Å². The lowest BCUT2D eigenvalue weighted by molar-refractivity contribution is -0.136. The van der Waals surface area contributed by atoms with Crippen LogP contribution in [-0.4, -0.2) is 40.4 Å². The number of benzene rings is 2. The fraction of sp³-hybridized carbons (Fsp3) is 0.200. The van der Waals surface area contributed by atoms with E-state index < -0.39 is 23.5 Å². The van der Waals surface area contributed by atoms with Crippen LogP contribution in [0.3, 0.4) is 0 Å². The summed E-state index contributed by atoms with van der Waals surface area (Å²) in [5, 5.41) is 12.2. The molecule has 0 aliphatic carbocycles. The predicted octanol–water partition coefficient (Wildman–Crippen LogP) is 1.89. The Balaban J connectivity index is 1.91. The highest BCUT2D eigenvalue weighted by atomic mass is 16.4. The second-order valence-corrected chi connectivity index (χ2v) is 6.05. The van der Waals surface area contributed by atoms with E-state index in [4.69, 9.17) is 0 Å². The number of carboxylic acid groups (broad SMARTS) is 1. The van der Waals surface area contributed by atoms with Gasteiger partial charge in [0.05, 0.1) is 0 Å². The molecule has 6 heteroatoms. The van der Waals surface area contributed by atoms with Crippen LogP contribution in [0.4, 0.5) is 5.69 Å². The first-order chi connectivity index (χ1) is 12.6. The Hall–Kier alpha value is -3.37. The van der Waals surface area contributed by atoms with Crippen LogP contribution in [0, 0.1) is 0 Å². The third kappa shape index (κ3) is 3.66. The molecule has 1 aliphatic rings. The quantitative estimate of drug-likeness (QED) is 0.635. The van der Waals surface area contributed by atoms with E-state index in [1.165, 1.54) is 5.94 Å². The summed E-state index contributed by atoms with van der Waals surface area (Å²) in [5.74, 6) is -0.485. The van der Waals surface area contributed by atoms with Crippen LogP contribution >= 0.6 is 0 Å². The minimum atomic E-state index is -1.45. The standard InChI is InChI=1S/C20H18N2O4/c23-13-16(20(25)26)18-19(24)22(11-10-14-6-2-1-3-7-14)12-15-8-4-5-9-17(15)21-18/h1-9,18,21H,10-12H2,(H,25,26). The van der Waals surface area contributed by atoms with Crippen molar-refractivity contribution in [3.8, 4) is 0 Å². The van der Waals surface area contributed by atoms with Crippen LogP contribution in [0.1, 0.15) is 11.1 Å². The van der Waals surface area contributed by atoms with E-state index >= 15 is 0 Å². The number of fused-ring (bicyclic) bond motifs is 1. The highest BCUT2D eigenvalue weighted by Crippen LogP contribution is 2.25. The smallest absolute Gasteiger partial charge is 0.345 e. The molecule has 0 saturated heterocycles. The second-order valence-electron chi connectivity index (χ2n) is 6.05. The monoisotopic (exact) mass is 350 g/mol. The molecule has 2 aromatic rings. The zero-order valence-electron chi connectivity index (χ0n) is 14.0. The minimum absolute atomic E-state index is 0.344. The SMILES string of the molecule is O=C=C(C(=O)O)C1Nc2ccccc2CN(CCc2ccccc2)C1=O. The van der Waals surface area contributed by atoms with Gasteiger partial charge >= 0.3 is 5.97 Å². The number of aliphatic carboxylic acids is 1. The van der Waals surface area contributed by atoms with Gasteiger partial charge in [-0.1, -0.05) is 48.5 Å². The van der Waals surface area contributed by atoms with E-state index in [1.807, 2.05) is 42.5 Å². The van der Waals surface area contributed by atoms with Crippen LogP contribution in [0.25, 0.3) is 0 Å². The number of rotatable bonds is 5. The van der Waals surface area contributed by atoms with Crippen LogP contribution in [-0.2, 0) is 27.3 Å². The van der Waals surface area contributed by atoms with Crippen molar-refractivity contribution in [2.75, 3.05) is 11.9 Å². The first kappa shape index (κ1) is 17.5. The maximum atomic E-state index is 12.9. The highest BCUT2D eigenvalue weighted by Gasteiger charge is 2.35. The minimum Gasteiger partial charge on any atom is -0.477 e. The van der Waals surface area contributed by atoms with Crippen LogP contribution in [0.15, 0.2) is 60.2 Å². The molecule has 1 unspecified atom stereocenters. The molecule has 6 nitrogen and oxygen atoms in total. The molecule has 1 heterocycles. The van der Waals surface area contributed by atoms with Crippen molar-refractivity contribution >= 4 is 23.5 Å². The molecule has 1 atom stereocenters. The number of hydrogen-bond acceptors (Lipinski definition) is 4. The molecule has 132 valence electrons. The summed E-state index contributed by atoms with van der Waals surface area (Å²) in [6, 6.07) is 15.7. The Bertz CT molecular complexity index is 872. The molecule has 26 heavy (non-hydrogen) atoms. The molecule has 1 amide bonds. The molecular formula is C20H18N2O4. The summed E-state index contributed by atoms with van der Waals surface area (Å²) in [5.41, 5.74) is 1.97. The molecule has 2 aromatic carbocycles. The van der Waals surface area contributed by atoms with E-state index in [1.54, 1.807) is 17.0 Å². The van der Waals surface area contributed by atoms with Gasteiger partial charge in [0.1, 0.15) is 12.0 Å². The zero-order chi connectivity index (χ0) is 18.5. The van der Waals surface area contributed by atoms with Gasteiger partial charge in [-0.05, 0) is 23.6 Å². The lowest BCUT2D eigenvalue weighted by Crippen LogP contribution is -2.44. The van der Waals surface area contributed by atoms with Crippen molar-refractivity contribution in [3.63, 3.8) is 0 Å². The topological polar surface area (TPSA) is 86.7 Å². The average Bonchev–Trinajstić information content (AvgIpc) is 2.79. The summed E-state index contributed by atoms with van der Waals surface area (Å²) >= 11 is 0. The third-order valence-corrected chi connectivity index (χ3v) is 4.38. The Labute approximate surface area is 150 Å². The molecule has 3 rings (SSSR count). The molecule has 0 aromatic heterocycles. The Morgan fingerprint density at radius 2 is 1.85 bits per heavy atom. The van der Waals surface area contributed by atoms with E-state index in [0.717, 1.165) is 11.1 Å². The summed E-state index contributed by atoms with van der Waals surface area (Å²) in [7, 11) is 0. The maximum absolute atomic E-state index is 12.9. The van der Waals surface area contributed by atoms with Crippen molar-refractivity contribution in [2.24, 2.45) is 0 Å². The molecular weight excluding hydrogens is 332 g/mol. The van der Waals surface area contributed by atoms with Crippen molar-refractivity contribution in [1.82, 2.24) is 4.90 Å². The molecule has 0 saturated carbocycles. The maximum Gasteiger partial charge on any atom is 0.345 e. The molecule has 0 bridgehead atoms. The summed E-state index contributed by atoms with van der Waals surface area (Å²) in [4.78, 5) is 37.0. The fourth-order valence-electron chi connectivity index (χ4n) is 3.00. The number of amides is 1. The molecule has 2 N–H and O–H groups in total. The number of nitrogens with zero attached hydrogens (tertiary/aromatic N) is 1. The van der Waals surface area contributed by atoms with E-state index in [-0.39, 0.29) is 0 Å². The van der Waals surface area contributed by atoms with Gasteiger partial charge in [0.2, 0.25) is 0 Å². The van der Waals surface area contributed by atoms with Gasteiger partial charge in [-0.15, -0.1) is 0 Å². The van der Waals surface area contributed by atoms with Gasteiger partial charge in [-0.25, -0.2) is 9.59 Å². The van der Waals surface area contributed by atoms with Gasteiger partial charge in [0, 0.05) is 18.8 Å². The van der Waals surface area contributed by atoms with Gasteiger partial charge < -0.3 is 15.3 Å². The number of hydrogen-bond donors (Lipinski definition) is 2. The number of carbonyl (C=O) groups excluding carboxylic acids is 2. The van der Waals surface area contributed by atoms with Crippen molar-refractivity contribution in [3.05, 3.63) is 71.3 Å². The van der Waals surface area contributed by atoms with Gasteiger partial charge in [0.15, 0.2) is 5.57 Å². The molecule has 0 fully saturated rings. The summed E-state index contributed by atoms with van der Waals surface area (Å²) in [6.07, 6.45) is 0.634. The number of carboxylic acids is 1. The second kappa shape index (κ2) is 7.68. The molecule has 1 aliphatic heterocycles. The van der Waals surface area contributed by atoms with Gasteiger partial charge in [0.25, 0.3) is 5.91 Å². The number of para-hydroxylation sites is 1. The first-order valence-corrected chi connectivity index (χ1v) is 8.25. The molecule has 0 spiro atoms. The summed E-state index contributed by atoms with van der Waals surface area (Å²) < 4.78 is 0. The van der Waals surface area contributed by atoms with E-state index in [0.29, 0.717) is 25.2 Å². The van der Waals surface area contributed by atoms with Crippen molar-refractivity contribution in [1.29, 1.82) is 0 Å². The van der Waals surface area contributed by atoms with Crippen molar-refractivity contribution in [2.45, 2.75) is 19.0 Å². The average molecular weight is 350 g/mol.